The molecule has 4 unspecified atom stereocenters. The monoisotopic (exact) mass is 589 g/mol. The van der Waals surface area contributed by atoms with Gasteiger partial charge in [0.05, 0.1) is 32.0 Å². The van der Waals surface area contributed by atoms with Crippen LogP contribution in [0, 0.1) is 23.7 Å². The molecule has 2 saturated heterocycles. The molecule has 0 spiro atoms. The molecule has 0 aromatic rings. The van der Waals surface area contributed by atoms with Gasteiger partial charge in [0.15, 0.2) is 12.6 Å². The molecule has 238 valence electrons. The number of ether oxygens (including phenoxy) is 4. The molecule has 2 aliphatic carbocycles. The number of rotatable bonds is 11. The minimum atomic E-state index is -1.58. The van der Waals surface area contributed by atoms with Crippen LogP contribution >= 0.6 is 0 Å². The Labute approximate surface area is 242 Å². The van der Waals surface area contributed by atoms with E-state index in [2.05, 4.69) is 5.32 Å². The standard InChI is InChI=1S/C29H51NO11/c1-16-19(14-31)39-29(24(35)22(16)33)41-26-20(15-32)40-28(25(36)23(26)34)38-13-12-30-27(37)21(17-8-4-2-5-9-17)18-10-6-3-7-11-18/h16-26,28-29,31-36H,2-15H2,1H3,(H,30,37)/t16-,19?,20?,22?,23?,24+,25+,26-,28+,29-/m1/s1. The summed E-state index contributed by atoms with van der Waals surface area (Å²) >= 11 is 0. The molecular weight excluding hydrogens is 538 g/mol. The van der Waals surface area contributed by atoms with Crippen LogP contribution in [0.5, 0.6) is 0 Å². The molecule has 2 heterocycles. The van der Waals surface area contributed by atoms with Gasteiger partial charge in [-0.15, -0.1) is 0 Å². The Kier molecular flexibility index (Phi) is 12.6. The summed E-state index contributed by atoms with van der Waals surface area (Å²) < 4.78 is 22.6. The van der Waals surface area contributed by atoms with Crippen molar-refractivity contribution in [3.8, 4) is 0 Å². The average Bonchev–Trinajstić information content (AvgIpc) is 2.99. The van der Waals surface area contributed by atoms with Crippen LogP contribution in [0.25, 0.3) is 0 Å². The Morgan fingerprint density at radius 3 is 1.88 bits per heavy atom. The van der Waals surface area contributed by atoms with Crippen LogP contribution in [0.15, 0.2) is 0 Å². The van der Waals surface area contributed by atoms with Gasteiger partial charge in [-0.2, -0.15) is 0 Å². The zero-order valence-corrected chi connectivity index (χ0v) is 24.1. The van der Waals surface area contributed by atoms with E-state index in [1.165, 1.54) is 38.5 Å². The fourth-order valence-corrected chi connectivity index (χ4v) is 7.17. The molecule has 41 heavy (non-hydrogen) atoms. The summed E-state index contributed by atoms with van der Waals surface area (Å²) in [4.78, 5) is 13.4. The third kappa shape index (κ3) is 7.97. The van der Waals surface area contributed by atoms with Crippen molar-refractivity contribution in [2.45, 2.75) is 126 Å². The zero-order valence-electron chi connectivity index (χ0n) is 24.1. The lowest BCUT2D eigenvalue weighted by atomic mass is 9.69. The number of aliphatic hydroxyl groups is 6. The highest BCUT2D eigenvalue weighted by Crippen LogP contribution is 2.40. The van der Waals surface area contributed by atoms with E-state index in [1.807, 2.05) is 0 Å². The van der Waals surface area contributed by atoms with Crippen LogP contribution in [0.4, 0.5) is 0 Å². The number of aliphatic hydroxyl groups excluding tert-OH is 6. The summed E-state index contributed by atoms with van der Waals surface area (Å²) in [6, 6.07) is 0. The Bertz CT molecular complexity index is 771. The first-order valence-corrected chi connectivity index (χ1v) is 15.6. The van der Waals surface area contributed by atoms with Crippen LogP contribution in [-0.2, 0) is 23.7 Å². The molecule has 0 aromatic carbocycles. The van der Waals surface area contributed by atoms with E-state index in [4.69, 9.17) is 18.9 Å². The molecule has 2 saturated carbocycles. The topological polar surface area (TPSA) is 187 Å². The second-order valence-electron chi connectivity index (χ2n) is 12.4. The molecule has 0 aromatic heterocycles. The molecule has 7 N–H and O–H groups in total. The molecule has 12 nitrogen and oxygen atoms in total. The quantitative estimate of drug-likeness (QED) is 0.158. The van der Waals surface area contributed by atoms with Gasteiger partial charge in [0.1, 0.15) is 30.5 Å². The van der Waals surface area contributed by atoms with E-state index in [-0.39, 0.29) is 25.0 Å². The Balaban J connectivity index is 1.28. The first-order valence-electron chi connectivity index (χ1n) is 15.6. The molecule has 12 heteroatoms. The average molecular weight is 590 g/mol. The van der Waals surface area contributed by atoms with Gasteiger partial charge in [-0.1, -0.05) is 45.4 Å². The highest BCUT2D eigenvalue weighted by Gasteiger charge is 2.50. The summed E-state index contributed by atoms with van der Waals surface area (Å²) in [5, 5.41) is 64.7. The molecule has 1 amide bonds. The second-order valence-corrected chi connectivity index (χ2v) is 12.4. The van der Waals surface area contributed by atoms with Gasteiger partial charge >= 0.3 is 0 Å². The molecule has 2 aliphatic heterocycles. The van der Waals surface area contributed by atoms with Gasteiger partial charge in [0.2, 0.25) is 5.91 Å². The summed E-state index contributed by atoms with van der Waals surface area (Å²) in [5.41, 5.74) is 0. The Morgan fingerprint density at radius 2 is 1.32 bits per heavy atom. The zero-order chi connectivity index (χ0) is 29.5. The van der Waals surface area contributed by atoms with Crippen LogP contribution in [0.1, 0.15) is 71.1 Å². The second kappa shape index (κ2) is 15.7. The SMILES string of the molecule is C[C@@H]1C(CO)O[C@H](O[C@@H]2C(CO)O[C@H](OCCNC(=O)C(C3CCCCC3)C3CCCCC3)[C@@H](O)C2O)[C@@H](O)C1O. The van der Waals surface area contributed by atoms with Crippen molar-refractivity contribution in [3.63, 3.8) is 0 Å². The minimum Gasteiger partial charge on any atom is -0.394 e. The molecule has 4 aliphatic rings. The smallest absolute Gasteiger partial charge is 0.223 e. The lowest BCUT2D eigenvalue weighted by Crippen LogP contribution is -2.63. The third-order valence-corrected chi connectivity index (χ3v) is 9.66. The van der Waals surface area contributed by atoms with Crippen LogP contribution in [-0.4, -0.2) is 118 Å². The number of carbonyl (C=O) groups excluding carboxylic acids is 1. The fourth-order valence-electron chi connectivity index (χ4n) is 7.17. The number of carbonyl (C=O) groups is 1. The van der Waals surface area contributed by atoms with Gasteiger partial charge in [-0.05, 0) is 37.5 Å². The van der Waals surface area contributed by atoms with Gasteiger partial charge < -0.3 is 54.9 Å². The highest BCUT2D eigenvalue weighted by atomic mass is 16.7. The molecular formula is C29H51NO11. The van der Waals surface area contributed by atoms with E-state index in [9.17, 15) is 35.4 Å². The first kappa shape index (κ1) is 33.0. The summed E-state index contributed by atoms with van der Waals surface area (Å²) in [7, 11) is 0. The van der Waals surface area contributed by atoms with Gasteiger partial charge in [-0.25, -0.2) is 0 Å². The number of hydrogen-bond acceptors (Lipinski definition) is 11. The first-order chi connectivity index (χ1) is 19.8. The summed E-state index contributed by atoms with van der Waals surface area (Å²) in [5.74, 6) is 0.327. The van der Waals surface area contributed by atoms with Gasteiger partial charge in [-0.3, -0.25) is 4.79 Å². The predicted molar refractivity (Wildman–Crippen MR) is 145 cm³/mol. The number of hydrogen-bond donors (Lipinski definition) is 7. The van der Waals surface area contributed by atoms with Crippen molar-refractivity contribution in [2.24, 2.45) is 23.7 Å². The van der Waals surface area contributed by atoms with Gasteiger partial charge in [0.25, 0.3) is 0 Å². The van der Waals surface area contributed by atoms with Crippen LogP contribution < -0.4 is 5.32 Å². The molecule has 4 rings (SSSR count). The van der Waals surface area contributed by atoms with Crippen LogP contribution in [0.2, 0.25) is 0 Å². The van der Waals surface area contributed by atoms with E-state index in [1.54, 1.807) is 6.92 Å². The van der Waals surface area contributed by atoms with Crippen molar-refractivity contribution in [1.82, 2.24) is 5.32 Å². The molecule has 10 atom stereocenters. The lowest BCUT2D eigenvalue weighted by Gasteiger charge is -2.46. The fraction of sp³-hybridized carbons (Fsp3) is 0.966. The van der Waals surface area contributed by atoms with Crippen molar-refractivity contribution in [2.75, 3.05) is 26.4 Å². The Morgan fingerprint density at radius 1 is 0.780 bits per heavy atom. The van der Waals surface area contributed by atoms with E-state index < -0.39 is 74.4 Å². The number of nitrogens with one attached hydrogen (secondary N) is 1. The molecule has 4 fully saturated rings. The summed E-state index contributed by atoms with van der Waals surface area (Å²) in [6.07, 6.45) is -0.344. The molecule has 0 bridgehead atoms. The van der Waals surface area contributed by atoms with Crippen LogP contribution in [0.3, 0.4) is 0 Å². The normalized spacial score (nSPS) is 39.6. The van der Waals surface area contributed by atoms with Crippen molar-refractivity contribution >= 4 is 5.91 Å². The Hall–Kier alpha value is -0.930. The maximum absolute atomic E-state index is 13.4. The lowest BCUT2D eigenvalue weighted by molar-refractivity contribution is -0.355. The van der Waals surface area contributed by atoms with E-state index in [0.29, 0.717) is 11.8 Å². The summed E-state index contributed by atoms with van der Waals surface area (Å²) in [6.45, 7) is 0.830. The predicted octanol–water partition coefficient (Wildman–Crippen LogP) is -0.205. The minimum absolute atomic E-state index is 0.00918. The van der Waals surface area contributed by atoms with E-state index in [0.717, 1.165) is 25.7 Å². The molecule has 0 radical (unpaired) electrons. The highest BCUT2D eigenvalue weighted by molar-refractivity contribution is 5.79. The maximum atomic E-state index is 13.4. The third-order valence-electron chi connectivity index (χ3n) is 9.66. The van der Waals surface area contributed by atoms with Gasteiger partial charge in [0, 0.05) is 18.4 Å². The largest absolute Gasteiger partial charge is 0.394 e. The maximum Gasteiger partial charge on any atom is 0.223 e. The van der Waals surface area contributed by atoms with Crippen molar-refractivity contribution in [3.05, 3.63) is 0 Å². The number of amides is 1. The van der Waals surface area contributed by atoms with Crippen molar-refractivity contribution < 1.29 is 54.4 Å². The van der Waals surface area contributed by atoms with Crippen molar-refractivity contribution in [1.29, 1.82) is 0 Å². The van der Waals surface area contributed by atoms with E-state index >= 15 is 0 Å².